The molecule has 348 valence electrons. The van der Waals surface area contributed by atoms with Crippen LogP contribution in [-0.4, -0.2) is 76.5 Å². The van der Waals surface area contributed by atoms with E-state index in [2.05, 4.69) is 59.2 Å². The Labute approximate surface area is 371 Å². The average Bonchev–Trinajstić information content (AvgIpc) is 3.22. The van der Waals surface area contributed by atoms with Gasteiger partial charge in [-0.15, -0.1) is 0 Å². The van der Waals surface area contributed by atoms with Crippen LogP contribution in [0.15, 0.2) is 154 Å². The van der Waals surface area contributed by atoms with Crippen LogP contribution < -0.4 is 51.2 Å². The molecule has 0 spiro atoms. The van der Waals surface area contributed by atoms with Crippen molar-refractivity contribution in [1.82, 2.24) is 41.1 Å². The van der Waals surface area contributed by atoms with Gasteiger partial charge in [0.25, 0.3) is 35.4 Å². The van der Waals surface area contributed by atoms with Gasteiger partial charge in [0.05, 0.1) is 19.6 Å². The highest BCUT2D eigenvalue weighted by Gasteiger charge is 2.28. The molecule has 0 atom stereocenters. The van der Waals surface area contributed by atoms with Gasteiger partial charge in [0.2, 0.25) is 0 Å². The van der Waals surface area contributed by atoms with E-state index in [1.54, 1.807) is 20.8 Å². The first-order valence-corrected chi connectivity index (χ1v) is 18.4. The maximum atomic E-state index is 12.3. The minimum absolute atomic E-state index is 0.00852. The first kappa shape index (κ1) is 54.9. The Morgan fingerprint density at radius 1 is 0.333 bits per heavy atom. The molecule has 0 N–H and O–H groups in total. The number of nitrogens with zero attached hydrogens (tertiary/aromatic N) is 9. The van der Waals surface area contributed by atoms with Gasteiger partial charge in [-0.2, -0.15) is 27.4 Å². The number of aromatic nitrogens is 9. The Morgan fingerprint density at radius 3 is 0.636 bits per heavy atom. The van der Waals surface area contributed by atoms with Gasteiger partial charge in [-0.25, -0.2) is 56.9 Å². The zero-order valence-electron chi connectivity index (χ0n) is 36.9. The highest BCUT2D eigenvalue weighted by Crippen LogP contribution is 1.96. The number of hydrogen-bond donors (Lipinski definition) is 0. The lowest BCUT2D eigenvalue weighted by atomic mass is 10.3. The maximum Gasteiger partial charge on any atom is 0.350 e. The minimum Gasteiger partial charge on any atom is -0.269 e. The monoisotopic (exact) mass is 915 g/mol. The molecule has 3 aromatic rings. The smallest absolute Gasteiger partial charge is 0.269 e. The molecule has 0 amide bonds. The molecule has 0 aliphatic heterocycles. The number of allylic oxidation sites excluding steroid dienone is 9. The van der Waals surface area contributed by atoms with Gasteiger partial charge in [-0.05, 0) is 59.8 Å². The summed E-state index contributed by atoms with van der Waals surface area (Å²) in [6.45, 7) is 39.3. The Bertz CT molecular complexity index is 2900. The van der Waals surface area contributed by atoms with Crippen LogP contribution >= 0.6 is 0 Å². The van der Waals surface area contributed by atoms with Crippen LogP contribution in [0.25, 0.3) is 0 Å². The molecule has 3 heterocycles. The van der Waals surface area contributed by atoms with E-state index in [1.165, 1.54) is 20.8 Å². The maximum absolute atomic E-state index is 12.3. The first-order valence-electron chi connectivity index (χ1n) is 18.4. The van der Waals surface area contributed by atoms with E-state index in [0.29, 0.717) is 34.9 Å². The van der Waals surface area contributed by atoms with Crippen molar-refractivity contribution in [3.05, 3.63) is 205 Å². The molecule has 0 aromatic carbocycles. The van der Waals surface area contributed by atoms with Gasteiger partial charge in [-0.3, -0.25) is 28.8 Å². The molecular formula is C42H45N9O15. The largest absolute Gasteiger partial charge is 0.350 e. The summed E-state index contributed by atoms with van der Waals surface area (Å²) in [5, 5.41) is 0. The Kier molecular flexibility index (Phi) is 18.6. The summed E-state index contributed by atoms with van der Waals surface area (Å²) in [5.41, 5.74) is -9.69. The molecule has 0 radical (unpaired) electrons. The van der Waals surface area contributed by atoms with E-state index >= 15 is 0 Å². The van der Waals surface area contributed by atoms with Crippen molar-refractivity contribution in [2.75, 3.05) is 0 Å². The second kappa shape index (κ2) is 22.3. The summed E-state index contributed by atoms with van der Waals surface area (Å²) >= 11 is 0. The fourth-order valence-electron chi connectivity index (χ4n) is 4.92. The topological polar surface area (TPSA) is 300 Å². The van der Waals surface area contributed by atoms with Crippen molar-refractivity contribution in [1.29, 1.82) is 0 Å². The van der Waals surface area contributed by atoms with Crippen molar-refractivity contribution < 1.29 is 28.8 Å². The van der Waals surface area contributed by atoms with Gasteiger partial charge < -0.3 is 0 Å². The van der Waals surface area contributed by atoms with Crippen molar-refractivity contribution in [3.63, 3.8) is 0 Å². The molecule has 24 heteroatoms. The average molecular weight is 916 g/mol. The van der Waals surface area contributed by atoms with E-state index in [9.17, 15) is 71.9 Å². The molecule has 0 aliphatic carbocycles. The van der Waals surface area contributed by atoms with Crippen molar-refractivity contribution in [3.8, 4) is 0 Å². The Balaban J connectivity index is 0.000000497. The van der Waals surface area contributed by atoms with Crippen LogP contribution in [-0.2, 0) is 19.6 Å². The van der Waals surface area contributed by atoms with E-state index in [-0.39, 0.29) is 63.8 Å². The lowest BCUT2D eigenvalue weighted by molar-refractivity contribution is 0.0875. The predicted octanol–water partition coefficient (Wildman–Crippen LogP) is -0.629. The molecule has 24 nitrogen and oxygen atoms in total. The molecule has 3 rings (SSSR count). The van der Waals surface area contributed by atoms with Crippen molar-refractivity contribution in [2.24, 2.45) is 0 Å². The van der Waals surface area contributed by atoms with Gasteiger partial charge in [0, 0.05) is 16.7 Å². The third-order valence-electron chi connectivity index (χ3n) is 7.85. The Hall–Kier alpha value is -9.09. The summed E-state index contributed by atoms with van der Waals surface area (Å²) in [4.78, 5) is 180. The standard InChI is InChI=1S/C15H15N3O6.C15H21N3O3.C12H9N3O6/c1-7(2)10(19)16-13(22)17(11(20)8(3)4)15(24)18(14(16)23)12(21)9(5)6;1-10(2)7-16-13(19)17(8-11(3)4)15(21)18(14(16)20)9-12(5)6;1-4-7(16)13-10(19)14(8(17)5-2)12(21)15(11(13)20)9(18)6-3/h1,3,5H2,2,4,6H3;1,3,5,7-9H2,2,4,6H3;4-6H,1-3H2. The van der Waals surface area contributed by atoms with Gasteiger partial charge in [0.1, 0.15) is 0 Å². The van der Waals surface area contributed by atoms with Crippen LogP contribution in [0.2, 0.25) is 0 Å². The normalized spacial score (nSPS) is 10.1. The van der Waals surface area contributed by atoms with Crippen LogP contribution in [0.4, 0.5) is 0 Å². The quantitative estimate of drug-likeness (QED) is 0.161. The molecular weight excluding hydrogens is 871 g/mol. The highest BCUT2D eigenvalue weighted by atomic mass is 16.2. The van der Waals surface area contributed by atoms with Crippen LogP contribution in [0, 0.1) is 0 Å². The van der Waals surface area contributed by atoms with E-state index in [4.69, 9.17) is 0 Å². The summed E-state index contributed by atoms with van der Waals surface area (Å²) < 4.78 is 2.79. The van der Waals surface area contributed by atoms with Gasteiger partial charge in [0.15, 0.2) is 0 Å². The van der Waals surface area contributed by atoms with Gasteiger partial charge >= 0.3 is 51.2 Å². The van der Waals surface area contributed by atoms with E-state index < -0.39 is 86.7 Å². The zero-order chi connectivity index (χ0) is 51.6. The van der Waals surface area contributed by atoms with Crippen molar-refractivity contribution in [2.45, 2.75) is 61.2 Å². The fraction of sp³-hybridized carbons (Fsp3) is 0.214. The van der Waals surface area contributed by atoms with Crippen LogP contribution in [0.5, 0.6) is 0 Å². The van der Waals surface area contributed by atoms with E-state index in [1.807, 2.05) is 0 Å². The molecule has 0 bridgehead atoms. The van der Waals surface area contributed by atoms with Crippen LogP contribution in [0.1, 0.15) is 70.3 Å². The number of hydrogen-bond acceptors (Lipinski definition) is 15. The summed E-state index contributed by atoms with van der Waals surface area (Å²) in [5.74, 6) is -7.09. The Morgan fingerprint density at radius 2 is 0.500 bits per heavy atom. The molecule has 3 aromatic heterocycles. The van der Waals surface area contributed by atoms with Gasteiger partial charge in [-0.1, -0.05) is 75.9 Å². The van der Waals surface area contributed by atoms with Crippen LogP contribution in [0.3, 0.4) is 0 Å². The molecule has 0 saturated carbocycles. The second-order valence-corrected chi connectivity index (χ2v) is 14.1. The SMILES string of the molecule is C=C(C)C(=O)n1c(=O)n(C(=O)C(=C)C)c(=O)n(C(=O)C(=C)C)c1=O.C=C(C)Cn1c(=O)n(CC(=C)C)c(=O)n(CC(=C)C)c1=O.C=CC(=O)n1c(=O)n(C(=O)C=C)c(=O)n(C(=O)C=C)c1=O. The summed E-state index contributed by atoms with van der Waals surface area (Å²) in [6.07, 6.45) is 1.83. The minimum atomic E-state index is -1.52. The number of carbonyl (C=O) groups is 6. The first-order chi connectivity index (χ1) is 30.4. The second-order valence-electron chi connectivity index (χ2n) is 14.1. The third kappa shape index (κ3) is 11.7. The fourth-order valence-corrected chi connectivity index (χ4v) is 4.92. The number of rotatable bonds is 12. The third-order valence-corrected chi connectivity index (χ3v) is 7.85. The summed E-state index contributed by atoms with van der Waals surface area (Å²) in [6, 6.07) is 0. The predicted molar refractivity (Wildman–Crippen MR) is 241 cm³/mol. The molecule has 66 heavy (non-hydrogen) atoms. The van der Waals surface area contributed by atoms with Crippen molar-refractivity contribution >= 4 is 35.4 Å². The number of carbonyl (C=O) groups excluding carboxylic acids is 6. The molecule has 0 fully saturated rings. The highest BCUT2D eigenvalue weighted by molar-refractivity contribution is 5.98. The molecule has 0 aliphatic rings. The zero-order valence-corrected chi connectivity index (χ0v) is 36.9. The lowest BCUT2D eigenvalue weighted by Crippen LogP contribution is -2.59. The molecule has 0 saturated heterocycles. The summed E-state index contributed by atoms with van der Waals surface area (Å²) in [7, 11) is 0. The van der Waals surface area contributed by atoms with E-state index in [0.717, 1.165) is 13.7 Å². The lowest BCUT2D eigenvalue weighted by Gasteiger charge is -2.14. The molecule has 0 unspecified atom stereocenters.